The molecule has 0 aromatic heterocycles. The molecule has 0 aliphatic carbocycles. The fraction of sp³-hybridized carbons (Fsp3) is 0.154. The first kappa shape index (κ1) is 12.4. The maximum atomic E-state index is 11.3. The van der Waals surface area contributed by atoms with Crippen LogP contribution in [0.1, 0.15) is 12.8 Å². The van der Waals surface area contributed by atoms with Crippen molar-refractivity contribution >= 4 is 17.6 Å². The van der Waals surface area contributed by atoms with E-state index < -0.39 is 0 Å². The van der Waals surface area contributed by atoms with Crippen LogP contribution < -0.4 is 4.74 Å². The van der Waals surface area contributed by atoms with Crippen molar-refractivity contribution in [2.45, 2.75) is 12.8 Å². The Bertz CT molecular complexity index is 413. The number of carbonyl (C=O) groups is 1. The van der Waals surface area contributed by atoms with Gasteiger partial charge in [-0.3, -0.25) is 4.79 Å². The van der Waals surface area contributed by atoms with E-state index in [0.29, 0.717) is 12.2 Å². The van der Waals surface area contributed by atoms with Gasteiger partial charge in [-0.1, -0.05) is 41.6 Å². The van der Waals surface area contributed by atoms with Gasteiger partial charge in [-0.25, -0.2) is 0 Å². The third-order valence-corrected chi connectivity index (χ3v) is 1.80. The number of esters is 1. The molecule has 0 amide bonds. The van der Waals surface area contributed by atoms with Crippen LogP contribution in [0, 0.1) is 11.8 Å². The average molecular weight is 235 g/mol. The SMILES string of the molecule is O=C(CCC#C/C=C/Cl)Oc1ccccc1. The first-order chi connectivity index (χ1) is 7.83. The largest absolute Gasteiger partial charge is 0.427 e. The number of para-hydroxylation sites is 1. The van der Waals surface area contributed by atoms with Gasteiger partial charge < -0.3 is 4.74 Å². The highest BCUT2D eigenvalue weighted by molar-refractivity contribution is 6.25. The molecule has 1 rings (SSSR count). The summed E-state index contributed by atoms with van der Waals surface area (Å²) >= 11 is 5.28. The predicted molar refractivity (Wildman–Crippen MR) is 64.1 cm³/mol. The quantitative estimate of drug-likeness (QED) is 0.456. The number of hydrogen-bond donors (Lipinski definition) is 0. The van der Waals surface area contributed by atoms with Gasteiger partial charge in [-0.05, 0) is 18.2 Å². The molecule has 2 nitrogen and oxygen atoms in total. The van der Waals surface area contributed by atoms with E-state index in [1.807, 2.05) is 18.2 Å². The van der Waals surface area contributed by atoms with E-state index in [-0.39, 0.29) is 12.4 Å². The van der Waals surface area contributed by atoms with E-state index in [4.69, 9.17) is 16.3 Å². The molecule has 1 aromatic carbocycles. The summed E-state index contributed by atoms with van der Waals surface area (Å²) < 4.78 is 5.07. The maximum Gasteiger partial charge on any atom is 0.312 e. The Balaban J connectivity index is 2.30. The monoisotopic (exact) mass is 234 g/mol. The molecule has 16 heavy (non-hydrogen) atoms. The van der Waals surface area contributed by atoms with Gasteiger partial charge in [0.05, 0.1) is 6.42 Å². The van der Waals surface area contributed by atoms with E-state index in [2.05, 4.69) is 11.8 Å². The van der Waals surface area contributed by atoms with Crippen molar-refractivity contribution in [3.05, 3.63) is 41.9 Å². The van der Waals surface area contributed by atoms with Crippen LogP contribution in [0.3, 0.4) is 0 Å². The lowest BCUT2D eigenvalue weighted by atomic mass is 10.3. The lowest BCUT2D eigenvalue weighted by Crippen LogP contribution is -2.06. The molecule has 0 bridgehead atoms. The Kier molecular flexibility index (Phi) is 5.83. The molecule has 0 radical (unpaired) electrons. The van der Waals surface area contributed by atoms with Crippen molar-refractivity contribution in [1.29, 1.82) is 0 Å². The summed E-state index contributed by atoms with van der Waals surface area (Å²) in [5.74, 6) is 5.74. The van der Waals surface area contributed by atoms with Crippen LogP contribution in [-0.2, 0) is 4.79 Å². The number of rotatable bonds is 3. The third-order valence-electron chi connectivity index (χ3n) is 1.68. The smallest absolute Gasteiger partial charge is 0.312 e. The number of allylic oxidation sites excluding steroid dienone is 1. The molecule has 0 saturated heterocycles. The summed E-state index contributed by atoms with van der Waals surface area (Å²) in [6.45, 7) is 0. The highest BCUT2D eigenvalue weighted by Crippen LogP contribution is 2.09. The summed E-state index contributed by atoms with van der Waals surface area (Å²) in [5.41, 5.74) is 1.33. The molecule has 0 fully saturated rings. The van der Waals surface area contributed by atoms with E-state index in [1.165, 1.54) is 11.6 Å². The second-order valence-electron chi connectivity index (χ2n) is 2.90. The summed E-state index contributed by atoms with van der Waals surface area (Å²) in [6.07, 6.45) is 2.26. The molecular formula is C13H11ClO2. The van der Waals surface area contributed by atoms with Gasteiger partial charge in [-0.15, -0.1) is 0 Å². The summed E-state index contributed by atoms with van der Waals surface area (Å²) in [4.78, 5) is 11.3. The Morgan fingerprint density at radius 1 is 1.38 bits per heavy atom. The Morgan fingerprint density at radius 3 is 2.81 bits per heavy atom. The van der Waals surface area contributed by atoms with E-state index in [0.717, 1.165) is 0 Å². The molecule has 1 aromatic rings. The minimum atomic E-state index is -0.282. The second-order valence-corrected chi connectivity index (χ2v) is 3.15. The first-order valence-electron chi connectivity index (χ1n) is 4.82. The minimum Gasteiger partial charge on any atom is -0.427 e. The number of benzene rings is 1. The fourth-order valence-corrected chi connectivity index (χ4v) is 1.06. The highest BCUT2D eigenvalue weighted by atomic mass is 35.5. The van der Waals surface area contributed by atoms with Crippen molar-refractivity contribution in [2.75, 3.05) is 0 Å². The van der Waals surface area contributed by atoms with Crippen LogP contribution in [0.2, 0.25) is 0 Å². The molecule has 0 spiro atoms. The van der Waals surface area contributed by atoms with Gasteiger partial charge in [0.15, 0.2) is 0 Å². The van der Waals surface area contributed by atoms with Crippen molar-refractivity contribution in [3.8, 4) is 17.6 Å². The zero-order valence-corrected chi connectivity index (χ0v) is 9.41. The fourth-order valence-electron chi connectivity index (χ4n) is 0.998. The van der Waals surface area contributed by atoms with Crippen molar-refractivity contribution in [3.63, 3.8) is 0 Å². The zero-order chi connectivity index (χ0) is 11.6. The predicted octanol–water partition coefficient (Wildman–Crippen LogP) is 3.13. The van der Waals surface area contributed by atoms with Gasteiger partial charge in [0.2, 0.25) is 0 Å². The van der Waals surface area contributed by atoms with Crippen molar-refractivity contribution in [2.24, 2.45) is 0 Å². The average Bonchev–Trinajstić information content (AvgIpc) is 2.30. The third kappa shape index (κ3) is 5.23. The molecule has 3 heteroatoms. The zero-order valence-electron chi connectivity index (χ0n) is 8.65. The van der Waals surface area contributed by atoms with Gasteiger partial charge in [0.25, 0.3) is 0 Å². The lowest BCUT2D eigenvalue weighted by molar-refractivity contribution is -0.134. The number of carbonyl (C=O) groups excluding carboxylic acids is 1. The molecule has 0 atom stereocenters. The number of halogens is 1. The van der Waals surface area contributed by atoms with Gasteiger partial charge in [-0.2, -0.15) is 0 Å². The molecule has 82 valence electrons. The number of hydrogen-bond acceptors (Lipinski definition) is 2. The van der Waals surface area contributed by atoms with Crippen LogP contribution in [0.25, 0.3) is 0 Å². The molecule has 0 N–H and O–H groups in total. The van der Waals surface area contributed by atoms with Crippen LogP contribution in [-0.4, -0.2) is 5.97 Å². The molecule has 0 aliphatic rings. The van der Waals surface area contributed by atoms with E-state index in [1.54, 1.807) is 12.1 Å². The van der Waals surface area contributed by atoms with Crippen LogP contribution in [0.4, 0.5) is 0 Å². The van der Waals surface area contributed by atoms with Gasteiger partial charge in [0, 0.05) is 12.0 Å². The Labute approximate surface area is 99.9 Å². The van der Waals surface area contributed by atoms with Crippen molar-refractivity contribution in [1.82, 2.24) is 0 Å². The molecular weight excluding hydrogens is 224 g/mol. The molecule has 0 heterocycles. The van der Waals surface area contributed by atoms with Crippen LogP contribution in [0.15, 0.2) is 41.9 Å². The molecule has 0 unspecified atom stereocenters. The first-order valence-corrected chi connectivity index (χ1v) is 5.26. The highest BCUT2D eigenvalue weighted by Gasteiger charge is 2.02. The maximum absolute atomic E-state index is 11.3. The Morgan fingerprint density at radius 2 is 2.12 bits per heavy atom. The summed E-state index contributed by atoms with van der Waals surface area (Å²) in [6, 6.07) is 8.96. The summed E-state index contributed by atoms with van der Waals surface area (Å²) in [7, 11) is 0. The van der Waals surface area contributed by atoms with Crippen LogP contribution >= 0.6 is 11.6 Å². The van der Waals surface area contributed by atoms with E-state index >= 15 is 0 Å². The van der Waals surface area contributed by atoms with Gasteiger partial charge in [0.1, 0.15) is 5.75 Å². The van der Waals surface area contributed by atoms with Crippen molar-refractivity contribution < 1.29 is 9.53 Å². The summed E-state index contributed by atoms with van der Waals surface area (Å²) in [5, 5.41) is 0. The lowest BCUT2D eigenvalue weighted by Gasteiger charge is -2.01. The second kappa shape index (κ2) is 7.56. The number of ether oxygens (including phenoxy) is 1. The Hall–Kier alpha value is -1.72. The standard InChI is InChI=1S/C13H11ClO2/c14-11-7-2-1-6-10-13(15)16-12-8-4-3-5-9-12/h3-5,7-9,11H,6,10H2/b11-7+. The minimum absolute atomic E-state index is 0.276. The normalized spacial score (nSPS) is 9.56. The topological polar surface area (TPSA) is 26.3 Å². The van der Waals surface area contributed by atoms with Crippen LogP contribution in [0.5, 0.6) is 5.75 Å². The van der Waals surface area contributed by atoms with Gasteiger partial charge >= 0.3 is 5.97 Å². The van der Waals surface area contributed by atoms with E-state index in [9.17, 15) is 4.79 Å². The molecule has 0 aliphatic heterocycles. The molecule has 0 saturated carbocycles.